The first-order valence-electron chi connectivity index (χ1n) is 10.4. The highest BCUT2D eigenvalue weighted by Gasteiger charge is 2.23. The van der Waals surface area contributed by atoms with Crippen LogP contribution in [0.3, 0.4) is 0 Å². The predicted molar refractivity (Wildman–Crippen MR) is 115 cm³/mol. The average molecular weight is 395 g/mol. The first-order chi connectivity index (χ1) is 14.2. The molecular formula is C22H30N6O. The van der Waals surface area contributed by atoms with Crippen molar-refractivity contribution in [3.8, 4) is 5.75 Å². The number of aliphatic imine (C=N–C) groups is 1. The van der Waals surface area contributed by atoms with E-state index in [1.165, 1.54) is 11.1 Å². The van der Waals surface area contributed by atoms with Crippen LogP contribution in [0, 0.1) is 12.8 Å². The summed E-state index contributed by atoms with van der Waals surface area (Å²) in [5.74, 6) is 4.59. The molecule has 0 saturated carbocycles. The molecule has 0 amide bonds. The van der Waals surface area contributed by atoms with Crippen molar-refractivity contribution in [2.45, 2.75) is 32.7 Å². The number of hydrogen-bond donors (Lipinski definition) is 1. The van der Waals surface area contributed by atoms with E-state index < -0.39 is 0 Å². The summed E-state index contributed by atoms with van der Waals surface area (Å²) >= 11 is 0. The summed E-state index contributed by atoms with van der Waals surface area (Å²) in [6.45, 7) is 5.77. The minimum absolute atomic E-state index is 0.571. The van der Waals surface area contributed by atoms with Gasteiger partial charge < -0.3 is 19.5 Å². The fourth-order valence-corrected chi connectivity index (χ4v) is 4.21. The maximum Gasteiger partial charge on any atom is 0.193 e. The highest BCUT2D eigenvalue weighted by molar-refractivity contribution is 5.81. The van der Waals surface area contributed by atoms with Gasteiger partial charge in [-0.05, 0) is 49.0 Å². The van der Waals surface area contributed by atoms with E-state index in [2.05, 4.69) is 54.2 Å². The van der Waals surface area contributed by atoms with E-state index in [0.29, 0.717) is 5.92 Å². The van der Waals surface area contributed by atoms with Gasteiger partial charge in [0.1, 0.15) is 17.4 Å². The molecule has 1 atom stereocenters. The van der Waals surface area contributed by atoms with Crippen LogP contribution in [0.5, 0.6) is 5.75 Å². The highest BCUT2D eigenvalue weighted by Crippen LogP contribution is 2.25. The van der Waals surface area contributed by atoms with E-state index >= 15 is 0 Å². The van der Waals surface area contributed by atoms with Gasteiger partial charge in [-0.3, -0.25) is 4.99 Å². The van der Waals surface area contributed by atoms with Crippen molar-refractivity contribution in [1.29, 1.82) is 0 Å². The maximum absolute atomic E-state index is 5.36. The van der Waals surface area contributed by atoms with Crippen LogP contribution in [-0.4, -0.2) is 59.4 Å². The number of nitrogens with one attached hydrogen (secondary N) is 1. The van der Waals surface area contributed by atoms with Crippen molar-refractivity contribution in [3.63, 3.8) is 0 Å². The summed E-state index contributed by atoms with van der Waals surface area (Å²) in [6, 6.07) is 8.30. The number of fused-ring (bicyclic) bond motifs is 1. The van der Waals surface area contributed by atoms with Crippen LogP contribution >= 0.6 is 0 Å². The van der Waals surface area contributed by atoms with Gasteiger partial charge in [-0.1, -0.05) is 18.2 Å². The Labute approximate surface area is 172 Å². The van der Waals surface area contributed by atoms with Gasteiger partial charge in [0.05, 0.1) is 7.11 Å². The molecule has 3 heterocycles. The molecular weight excluding hydrogens is 364 g/mol. The van der Waals surface area contributed by atoms with Gasteiger partial charge in [-0.25, -0.2) is 0 Å². The van der Waals surface area contributed by atoms with Gasteiger partial charge in [0, 0.05) is 39.6 Å². The Morgan fingerprint density at radius 1 is 1.31 bits per heavy atom. The molecule has 1 aromatic heterocycles. The summed E-state index contributed by atoms with van der Waals surface area (Å²) in [7, 11) is 3.58. The second kappa shape index (κ2) is 8.68. The van der Waals surface area contributed by atoms with Gasteiger partial charge in [-0.2, -0.15) is 0 Å². The quantitative estimate of drug-likeness (QED) is 0.638. The molecule has 0 bridgehead atoms. The van der Waals surface area contributed by atoms with E-state index in [1.807, 2.05) is 20.0 Å². The number of hydrogen-bond acceptors (Lipinski definition) is 4. The summed E-state index contributed by atoms with van der Waals surface area (Å²) in [4.78, 5) is 6.85. The Morgan fingerprint density at radius 3 is 2.97 bits per heavy atom. The molecule has 0 aliphatic carbocycles. The average Bonchev–Trinajstić information content (AvgIpc) is 3.15. The van der Waals surface area contributed by atoms with E-state index in [1.54, 1.807) is 7.11 Å². The topological polar surface area (TPSA) is 67.6 Å². The van der Waals surface area contributed by atoms with Crippen LogP contribution in [0.1, 0.15) is 30.1 Å². The fourth-order valence-electron chi connectivity index (χ4n) is 4.21. The third kappa shape index (κ3) is 4.28. The van der Waals surface area contributed by atoms with Crippen LogP contribution in [-0.2, 0) is 13.0 Å². The van der Waals surface area contributed by atoms with Crippen molar-refractivity contribution < 1.29 is 4.74 Å². The van der Waals surface area contributed by atoms with E-state index in [-0.39, 0.29) is 0 Å². The molecule has 1 aromatic carbocycles. The smallest absolute Gasteiger partial charge is 0.193 e. The van der Waals surface area contributed by atoms with Crippen molar-refractivity contribution >= 4 is 11.5 Å². The lowest BCUT2D eigenvalue weighted by atomic mass is 9.99. The van der Waals surface area contributed by atoms with E-state index in [4.69, 9.17) is 4.74 Å². The Morgan fingerprint density at radius 2 is 2.21 bits per heavy atom. The van der Waals surface area contributed by atoms with Crippen LogP contribution in [0.2, 0.25) is 0 Å². The van der Waals surface area contributed by atoms with Crippen molar-refractivity contribution in [3.05, 3.63) is 47.6 Å². The zero-order valence-corrected chi connectivity index (χ0v) is 17.6. The molecule has 2 aliphatic heterocycles. The largest absolute Gasteiger partial charge is 0.497 e. The standard InChI is InChI=1S/C22H30N6O/c1-16-25-26-21-8-7-17(15-28(16)21)14-24-22(23-2)27-11-9-18(10-12-27)19-5-4-6-20(13-19)29-3/h4-6,9,13,17H,7-8,10-12,14-15H2,1-3H3,(H,23,24). The highest BCUT2D eigenvalue weighted by atomic mass is 16.5. The molecule has 2 aliphatic rings. The molecule has 1 N–H and O–H groups in total. The summed E-state index contributed by atoms with van der Waals surface area (Å²) in [5.41, 5.74) is 2.62. The van der Waals surface area contributed by atoms with Crippen LogP contribution in [0.4, 0.5) is 0 Å². The number of methoxy groups -OCH3 is 1. The molecule has 0 saturated heterocycles. The van der Waals surface area contributed by atoms with Crippen molar-refractivity contribution in [1.82, 2.24) is 25.0 Å². The number of aryl methyl sites for hydroxylation is 2. The van der Waals surface area contributed by atoms with Crippen molar-refractivity contribution in [2.75, 3.05) is 33.8 Å². The number of guanidine groups is 1. The Hall–Kier alpha value is -2.83. The number of nitrogens with zero attached hydrogens (tertiary/aromatic N) is 5. The second-order valence-electron chi connectivity index (χ2n) is 7.76. The second-order valence-corrected chi connectivity index (χ2v) is 7.76. The lowest BCUT2D eigenvalue weighted by Crippen LogP contribution is -2.45. The monoisotopic (exact) mass is 394 g/mol. The SMILES string of the molecule is CN=C(NCC1CCc2nnc(C)n2C1)N1CC=C(c2cccc(OC)c2)CC1. The van der Waals surface area contributed by atoms with E-state index in [0.717, 1.165) is 68.8 Å². The van der Waals surface area contributed by atoms with Gasteiger partial charge >= 0.3 is 0 Å². The van der Waals surface area contributed by atoms with Gasteiger partial charge in [0.25, 0.3) is 0 Å². The molecule has 2 aromatic rings. The molecule has 154 valence electrons. The molecule has 0 spiro atoms. The van der Waals surface area contributed by atoms with Crippen LogP contribution < -0.4 is 10.1 Å². The molecule has 0 radical (unpaired) electrons. The molecule has 29 heavy (non-hydrogen) atoms. The van der Waals surface area contributed by atoms with Crippen LogP contribution in [0.25, 0.3) is 5.57 Å². The molecule has 7 nitrogen and oxygen atoms in total. The molecule has 1 unspecified atom stereocenters. The summed E-state index contributed by atoms with van der Waals surface area (Å²) in [6.07, 6.45) is 5.45. The van der Waals surface area contributed by atoms with Gasteiger partial charge in [0.2, 0.25) is 0 Å². The zero-order chi connectivity index (χ0) is 20.2. The van der Waals surface area contributed by atoms with E-state index in [9.17, 15) is 0 Å². The van der Waals surface area contributed by atoms with Gasteiger partial charge in [0.15, 0.2) is 5.96 Å². The number of benzene rings is 1. The number of aromatic nitrogens is 3. The third-order valence-electron chi connectivity index (χ3n) is 5.94. The minimum atomic E-state index is 0.571. The van der Waals surface area contributed by atoms with Gasteiger partial charge in [-0.15, -0.1) is 10.2 Å². The number of rotatable bonds is 4. The maximum atomic E-state index is 5.36. The lowest BCUT2D eigenvalue weighted by Gasteiger charge is -2.31. The first kappa shape index (κ1) is 19.5. The summed E-state index contributed by atoms with van der Waals surface area (Å²) < 4.78 is 7.61. The predicted octanol–water partition coefficient (Wildman–Crippen LogP) is 2.52. The molecule has 4 rings (SSSR count). The summed E-state index contributed by atoms with van der Waals surface area (Å²) in [5, 5.41) is 12.1. The van der Waals surface area contributed by atoms with Crippen molar-refractivity contribution in [2.24, 2.45) is 10.9 Å². The Kier molecular flexibility index (Phi) is 5.83. The zero-order valence-electron chi connectivity index (χ0n) is 17.6. The number of ether oxygens (including phenoxy) is 1. The minimum Gasteiger partial charge on any atom is -0.497 e. The third-order valence-corrected chi connectivity index (χ3v) is 5.94. The molecule has 0 fully saturated rings. The fraction of sp³-hybridized carbons (Fsp3) is 0.500. The Bertz CT molecular complexity index is 916. The molecule has 7 heteroatoms. The van der Waals surface area contributed by atoms with Crippen LogP contribution in [0.15, 0.2) is 35.3 Å². The lowest BCUT2D eigenvalue weighted by molar-refractivity contribution is 0.350. The Balaban J connectivity index is 1.34. The first-order valence-corrected chi connectivity index (χ1v) is 10.4. The normalized spacial score (nSPS) is 19.6.